The third-order valence-electron chi connectivity index (χ3n) is 6.60. The zero-order chi connectivity index (χ0) is 22.8. The Morgan fingerprint density at radius 3 is 2.61 bits per heavy atom. The van der Waals surface area contributed by atoms with E-state index in [9.17, 15) is 9.18 Å². The lowest BCUT2D eigenvalue weighted by molar-refractivity contribution is -0.119. The van der Waals surface area contributed by atoms with E-state index in [1.165, 1.54) is 36.3 Å². The predicted molar refractivity (Wildman–Crippen MR) is 127 cm³/mol. The Bertz CT molecular complexity index is 1110. The van der Waals surface area contributed by atoms with Crippen molar-refractivity contribution in [3.05, 3.63) is 48.3 Å². The normalized spacial score (nSPS) is 22.4. The van der Waals surface area contributed by atoms with Gasteiger partial charge in [-0.1, -0.05) is 11.3 Å². The maximum absolute atomic E-state index is 13.4. The highest BCUT2D eigenvalue weighted by Crippen LogP contribution is 2.38. The third-order valence-corrected chi connectivity index (χ3v) is 7.51. The van der Waals surface area contributed by atoms with Crippen molar-refractivity contribution in [1.82, 2.24) is 15.2 Å². The van der Waals surface area contributed by atoms with Crippen molar-refractivity contribution < 1.29 is 18.7 Å². The van der Waals surface area contributed by atoms with Crippen LogP contribution in [0.3, 0.4) is 0 Å². The van der Waals surface area contributed by atoms with Gasteiger partial charge in [-0.05, 0) is 68.0 Å². The number of nitrogens with one attached hydrogen (secondary N) is 1. The molecule has 2 aliphatic heterocycles. The van der Waals surface area contributed by atoms with Crippen molar-refractivity contribution in [2.24, 2.45) is 5.92 Å². The van der Waals surface area contributed by atoms with Crippen molar-refractivity contribution in [2.45, 2.75) is 44.7 Å². The minimum atomic E-state index is -0.303. The van der Waals surface area contributed by atoms with Gasteiger partial charge in [-0.15, -0.1) is 0 Å². The molecule has 0 spiro atoms. The fraction of sp³-hybridized carbons (Fsp3) is 0.440. The summed E-state index contributed by atoms with van der Waals surface area (Å²) in [5.74, 6) is 1.82. The lowest BCUT2D eigenvalue weighted by Gasteiger charge is -2.38. The van der Waals surface area contributed by atoms with E-state index in [-0.39, 0.29) is 11.7 Å². The number of thiazole rings is 1. The molecular weight excluding hydrogens is 441 g/mol. The standard InChI is InChI=1S/C25H28FN3O3S/c1-16(30)27-15-17-12-19-3-4-20(13-17)29(19)10-11-31-21-5-7-22(8-6-21)32-25-28-23-14-18(26)2-9-24(23)33-25/h2,5-9,14,17,19-20H,3-4,10-13,15H2,1H3,(H,27,30)/t17?,19-,20+. The number of halogens is 1. The van der Waals surface area contributed by atoms with E-state index in [1.807, 2.05) is 24.3 Å². The van der Waals surface area contributed by atoms with Crippen LogP contribution in [-0.4, -0.2) is 47.6 Å². The topological polar surface area (TPSA) is 63.7 Å². The molecule has 0 aliphatic carbocycles. The molecule has 3 heterocycles. The first kappa shape index (κ1) is 22.1. The van der Waals surface area contributed by atoms with E-state index in [4.69, 9.17) is 9.47 Å². The van der Waals surface area contributed by atoms with Crippen molar-refractivity contribution >= 4 is 27.5 Å². The summed E-state index contributed by atoms with van der Waals surface area (Å²) in [6.45, 7) is 3.95. The molecule has 0 saturated carbocycles. The second-order valence-corrected chi connectivity index (χ2v) is 9.90. The number of carbonyl (C=O) groups excluding carboxylic acids is 1. The number of rotatable bonds is 8. The molecule has 1 amide bonds. The monoisotopic (exact) mass is 469 g/mol. The number of nitrogens with zero attached hydrogens (tertiary/aromatic N) is 2. The van der Waals surface area contributed by atoms with Crippen molar-refractivity contribution in [1.29, 1.82) is 0 Å². The van der Waals surface area contributed by atoms with Crippen LogP contribution in [0.1, 0.15) is 32.6 Å². The van der Waals surface area contributed by atoms with E-state index in [2.05, 4.69) is 15.2 Å². The first-order chi connectivity index (χ1) is 16.0. The van der Waals surface area contributed by atoms with Gasteiger partial charge in [-0.3, -0.25) is 9.69 Å². The zero-order valence-corrected chi connectivity index (χ0v) is 19.4. The van der Waals surface area contributed by atoms with Crippen LogP contribution in [-0.2, 0) is 4.79 Å². The quantitative estimate of drug-likeness (QED) is 0.504. The van der Waals surface area contributed by atoms with Gasteiger partial charge < -0.3 is 14.8 Å². The highest BCUT2D eigenvalue weighted by molar-refractivity contribution is 7.20. The van der Waals surface area contributed by atoms with Gasteiger partial charge in [0.15, 0.2) is 0 Å². The lowest BCUT2D eigenvalue weighted by atomic mass is 9.90. The second-order valence-electron chi connectivity index (χ2n) is 8.91. The van der Waals surface area contributed by atoms with Gasteiger partial charge >= 0.3 is 0 Å². The maximum Gasteiger partial charge on any atom is 0.279 e. The summed E-state index contributed by atoms with van der Waals surface area (Å²) in [7, 11) is 0. The molecule has 2 saturated heterocycles. The number of piperidine rings is 1. The summed E-state index contributed by atoms with van der Waals surface area (Å²) in [4.78, 5) is 18.1. The SMILES string of the molecule is CC(=O)NCC1C[C@H]2CC[C@@H](C1)N2CCOc1ccc(Oc2nc3cc(F)ccc3s2)cc1. The van der Waals surface area contributed by atoms with Crippen LogP contribution in [0, 0.1) is 11.7 Å². The average molecular weight is 470 g/mol. The minimum Gasteiger partial charge on any atom is -0.492 e. The summed E-state index contributed by atoms with van der Waals surface area (Å²) in [5.41, 5.74) is 0.600. The van der Waals surface area contributed by atoms with Crippen LogP contribution < -0.4 is 14.8 Å². The van der Waals surface area contributed by atoms with Crippen LogP contribution in [0.4, 0.5) is 4.39 Å². The summed E-state index contributed by atoms with van der Waals surface area (Å²) < 4.78 is 26.1. The number of fused-ring (bicyclic) bond motifs is 3. The molecule has 33 heavy (non-hydrogen) atoms. The molecule has 0 radical (unpaired) electrons. The Morgan fingerprint density at radius 1 is 1.15 bits per heavy atom. The van der Waals surface area contributed by atoms with Gasteiger partial charge in [0.1, 0.15) is 23.9 Å². The van der Waals surface area contributed by atoms with E-state index in [0.29, 0.717) is 41.1 Å². The molecule has 3 aromatic rings. The second kappa shape index (κ2) is 9.65. The molecule has 5 rings (SSSR count). The Balaban J connectivity index is 1.10. The molecule has 2 fully saturated rings. The maximum atomic E-state index is 13.4. The fourth-order valence-corrected chi connectivity index (χ4v) is 5.92. The van der Waals surface area contributed by atoms with Gasteiger partial charge in [-0.25, -0.2) is 9.37 Å². The Hall–Kier alpha value is -2.71. The largest absolute Gasteiger partial charge is 0.492 e. The van der Waals surface area contributed by atoms with Gasteiger partial charge in [0.25, 0.3) is 5.19 Å². The number of aromatic nitrogens is 1. The molecule has 1 aromatic heterocycles. The Labute approximate surface area is 196 Å². The van der Waals surface area contributed by atoms with Gasteiger partial charge in [0.05, 0.1) is 10.2 Å². The molecule has 8 heteroatoms. The number of hydrogen-bond donors (Lipinski definition) is 1. The van der Waals surface area contributed by atoms with Gasteiger partial charge in [-0.2, -0.15) is 0 Å². The molecule has 3 atom stereocenters. The predicted octanol–water partition coefficient (Wildman–Crippen LogP) is 4.99. The molecule has 1 unspecified atom stereocenters. The first-order valence-electron chi connectivity index (χ1n) is 11.5. The Kier molecular flexibility index (Phi) is 6.46. The van der Waals surface area contributed by atoms with Crippen LogP contribution in [0.15, 0.2) is 42.5 Å². The first-order valence-corrected chi connectivity index (χ1v) is 12.3. The van der Waals surface area contributed by atoms with Crippen molar-refractivity contribution in [3.63, 3.8) is 0 Å². The summed E-state index contributed by atoms with van der Waals surface area (Å²) in [6.07, 6.45) is 4.79. The van der Waals surface area contributed by atoms with E-state index < -0.39 is 0 Å². The number of carbonyl (C=O) groups is 1. The molecule has 1 N–H and O–H groups in total. The van der Waals surface area contributed by atoms with E-state index in [1.54, 1.807) is 13.0 Å². The molecule has 2 aliphatic rings. The van der Waals surface area contributed by atoms with Crippen LogP contribution >= 0.6 is 11.3 Å². The number of benzene rings is 2. The van der Waals surface area contributed by atoms with Crippen LogP contribution in [0.2, 0.25) is 0 Å². The number of hydrogen-bond acceptors (Lipinski definition) is 6. The smallest absolute Gasteiger partial charge is 0.279 e. The third kappa shape index (κ3) is 5.28. The Morgan fingerprint density at radius 2 is 1.88 bits per heavy atom. The highest BCUT2D eigenvalue weighted by atomic mass is 32.1. The van der Waals surface area contributed by atoms with Crippen molar-refractivity contribution in [2.75, 3.05) is 19.7 Å². The summed E-state index contributed by atoms with van der Waals surface area (Å²) >= 11 is 1.39. The minimum absolute atomic E-state index is 0.0602. The van der Waals surface area contributed by atoms with E-state index in [0.717, 1.165) is 36.4 Å². The van der Waals surface area contributed by atoms with Crippen molar-refractivity contribution in [3.8, 4) is 16.7 Å². The number of ether oxygens (including phenoxy) is 2. The molecular formula is C25H28FN3O3S. The summed E-state index contributed by atoms with van der Waals surface area (Å²) in [5, 5.41) is 3.47. The molecule has 2 bridgehead atoms. The van der Waals surface area contributed by atoms with Crippen LogP contribution in [0.5, 0.6) is 16.7 Å². The van der Waals surface area contributed by atoms with Crippen LogP contribution in [0.25, 0.3) is 10.2 Å². The molecule has 174 valence electrons. The highest BCUT2D eigenvalue weighted by Gasteiger charge is 2.40. The zero-order valence-electron chi connectivity index (χ0n) is 18.6. The van der Waals surface area contributed by atoms with Gasteiger partial charge in [0.2, 0.25) is 5.91 Å². The lowest BCUT2D eigenvalue weighted by Crippen LogP contribution is -2.46. The fourth-order valence-electron chi connectivity index (χ4n) is 5.10. The van der Waals surface area contributed by atoms with Gasteiger partial charge in [0, 0.05) is 38.2 Å². The van der Waals surface area contributed by atoms with E-state index >= 15 is 0 Å². The molecule has 6 nitrogen and oxygen atoms in total. The molecule has 2 aromatic carbocycles. The summed E-state index contributed by atoms with van der Waals surface area (Å²) in [6, 6.07) is 13.3. The number of amides is 1. The average Bonchev–Trinajstić information content (AvgIpc) is 3.29.